The Bertz CT molecular complexity index is 2340. The Hall–Kier alpha value is -4.98. The van der Waals surface area contributed by atoms with E-state index in [4.69, 9.17) is 14.1 Å². The number of sulfonamides is 1. The van der Waals surface area contributed by atoms with Gasteiger partial charge in [0.2, 0.25) is 21.8 Å². The quantitative estimate of drug-likeness (QED) is 0.229. The molecule has 1 spiro atoms. The molecule has 5 heterocycles. The molecule has 1 saturated heterocycles. The molecule has 0 radical (unpaired) electrons. The van der Waals surface area contributed by atoms with Crippen LogP contribution >= 0.6 is 0 Å². The number of hydrogen-bond donors (Lipinski definition) is 3. The summed E-state index contributed by atoms with van der Waals surface area (Å²) in [6.45, 7) is 3.67. The highest BCUT2D eigenvalue weighted by Crippen LogP contribution is 2.49. The average molecular weight is 767 g/mol. The first-order chi connectivity index (χ1) is 26.4. The first kappa shape index (κ1) is 35.7. The maximum atomic E-state index is 14.9. The number of amides is 3. The summed E-state index contributed by atoms with van der Waals surface area (Å²) in [6, 6.07) is 13.8. The third-order valence-corrected chi connectivity index (χ3v) is 14.6. The molecular weight excluding hydrogens is 721 g/mol. The van der Waals surface area contributed by atoms with E-state index < -0.39 is 55.7 Å². The summed E-state index contributed by atoms with van der Waals surface area (Å²) >= 11 is 0. The second-order valence-corrected chi connectivity index (χ2v) is 18.6. The van der Waals surface area contributed by atoms with E-state index in [-0.39, 0.29) is 31.3 Å². The number of carbonyl (C=O) groups is 3. The number of pyridine rings is 1. The van der Waals surface area contributed by atoms with Crippen LogP contribution in [-0.2, 0) is 30.8 Å². The molecule has 2 aliphatic carbocycles. The van der Waals surface area contributed by atoms with Crippen molar-refractivity contribution in [2.24, 2.45) is 5.92 Å². The van der Waals surface area contributed by atoms with E-state index >= 15 is 0 Å². The molecule has 1 unspecified atom stereocenters. The number of hydrogen-bond acceptors (Lipinski definition) is 10. The highest BCUT2D eigenvalue weighted by Gasteiger charge is 2.64. The number of benzene rings is 2. The second-order valence-electron chi connectivity index (χ2n) is 16.4. The van der Waals surface area contributed by atoms with Crippen LogP contribution in [0, 0.1) is 12.8 Å². The van der Waals surface area contributed by atoms with Gasteiger partial charge in [-0.3, -0.25) is 19.1 Å². The van der Waals surface area contributed by atoms with Crippen LogP contribution < -0.4 is 20.1 Å². The van der Waals surface area contributed by atoms with Gasteiger partial charge in [-0.1, -0.05) is 55.3 Å². The van der Waals surface area contributed by atoms with Gasteiger partial charge in [-0.15, -0.1) is 0 Å². The van der Waals surface area contributed by atoms with Gasteiger partial charge in [0.15, 0.2) is 5.58 Å². The van der Waals surface area contributed by atoms with E-state index in [0.29, 0.717) is 49.0 Å². The number of aromatic nitrogens is 2. The zero-order chi connectivity index (χ0) is 38.2. The highest BCUT2D eigenvalue weighted by atomic mass is 32.2. The average Bonchev–Trinajstić information content (AvgIpc) is 3.99. The Balaban J connectivity index is 1.07. The largest absolute Gasteiger partial charge is 0.483 e. The molecule has 2 aromatic carbocycles. The first-order valence-corrected chi connectivity index (χ1v) is 20.9. The van der Waals surface area contributed by atoms with Crippen molar-refractivity contribution in [1.29, 1.82) is 0 Å². The van der Waals surface area contributed by atoms with Crippen molar-refractivity contribution in [2.75, 3.05) is 11.9 Å². The number of oxazole rings is 1. The lowest BCUT2D eigenvalue weighted by molar-refractivity contribution is -0.140. The number of nitrogens with zero attached hydrogens (tertiary/aromatic N) is 3. The number of fused-ring (bicyclic) bond motifs is 6. The molecule has 288 valence electrons. The lowest BCUT2D eigenvalue weighted by atomic mass is 9.87. The molecule has 2 saturated carbocycles. The predicted molar refractivity (Wildman–Crippen MR) is 206 cm³/mol. The fourth-order valence-electron chi connectivity index (χ4n) is 8.73. The molecule has 14 heteroatoms. The van der Waals surface area contributed by atoms with E-state index in [1.54, 1.807) is 11.8 Å². The van der Waals surface area contributed by atoms with Crippen molar-refractivity contribution >= 4 is 55.8 Å². The Kier molecular flexibility index (Phi) is 8.48. The normalized spacial score (nSPS) is 29.6. The van der Waals surface area contributed by atoms with Crippen LogP contribution in [-0.4, -0.2) is 75.5 Å². The van der Waals surface area contributed by atoms with Gasteiger partial charge in [0.1, 0.15) is 34.5 Å². The fraction of sp³-hybridized carbons (Fsp3) is 0.488. The number of aryl methyl sites for hydroxylation is 2. The van der Waals surface area contributed by atoms with E-state index in [1.807, 2.05) is 67.6 Å². The minimum Gasteiger partial charge on any atom is -0.483 e. The van der Waals surface area contributed by atoms with Crippen molar-refractivity contribution in [3.8, 4) is 5.75 Å². The van der Waals surface area contributed by atoms with Gasteiger partial charge in [0.05, 0.1) is 22.5 Å². The summed E-state index contributed by atoms with van der Waals surface area (Å²) < 4.78 is 40.7. The van der Waals surface area contributed by atoms with Gasteiger partial charge in [-0.05, 0) is 83.4 Å². The number of allylic oxidation sites excluding steroid dienone is 1. The predicted octanol–water partition coefficient (Wildman–Crippen LogP) is 5.22. The minimum absolute atomic E-state index is 0.136. The highest BCUT2D eigenvalue weighted by molar-refractivity contribution is 7.91. The van der Waals surface area contributed by atoms with Crippen LogP contribution in [0.5, 0.6) is 5.75 Å². The SMILES string of the molecule is Cc1nc2ccccc2c2c1O[C@]1(CC2)C[C@H]2C(=O)N[C@]3(C(=O)NS(=O)(=O)C4(C)CC4)CC3/C=C\CCCCC[C@H](Nc3nc4ccccc4o3)C(=O)N2C1. The van der Waals surface area contributed by atoms with Gasteiger partial charge in [-0.25, -0.2) is 13.4 Å². The summed E-state index contributed by atoms with van der Waals surface area (Å²) in [5, 5.41) is 7.28. The molecule has 5 atom stereocenters. The molecular formula is C41H46N6O7S. The lowest BCUT2D eigenvalue weighted by Crippen LogP contribution is -2.58. The number of carbonyl (C=O) groups excluding carboxylic acids is 3. The molecule has 5 aliphatic rings. The van der Waals surface area contributed by atoms with Crippen LogP contribution in [0.15, 0.2) is 65.1 Å². The zero-order valence-electron chi connectivity index (χ0n) is 31.1. The van der Waals surface area contributed by atoms with Crippen molar-refractivity contribution < 1.29 is 32.0 Å². The van der Waals surface area contributed by atoms with E-state index in [1.165, 1.54) is 0 Å². The van der Waals surface area contributed by atoms with E-state index in [9.17, 15) is 22.8 Å². The number of para-hydroxylation sites is 3. The molecule has 2 aromatic heterocycles. The molecule has 3 amide bonds. The van der Waals surface area contributed by atoms with E-state index in [0.717, 1.165) is 47.8 Å². The molecule has 4 aromatic rings. The van der Waals surface area contributed by atoms with Gasteiger partial charge in [-0.2, -0.15) is 4.98 Å². The summed E-state index contributed by atoms with van der Waals surface area (Å²) in [6.07, 6.45) is 10.2. The Morgan fingerprint density at radius 1 is 0.982 bits per heavy atom. The monoisotopic (exact) mass is 766 g/mol. The van der Waals surface area contributed by atoms with Gasteiger partial charge in [0, 0.05) is 23.3 Å². The number of nitrogens with one attached hydrogen (secondary N) is 3. The molecule has 9 rings (SSSR count). The standard InChI is InChI=1S/C41H46N6O7S/c1-25-34-28(27-13-8-9-14-29(27)42-25)18-19-40(54-34)23-32-35(48)45-41(37(50)46-55(51,52)39(2)20-21-39)22-26(41)12-6-4-3-5-7-16-31(36(49)47(32)24-40)44-38-43-30-15-10-11-17-33(30)53-38/h6,8-15,17,26,31-32H,3-5,7,16,18-24H2,1-2H3,(H,43,44)(H,45,48)(H,46,50)/b12-6-/t26?,31-,32-,40+,41+/m0/s1. The van der Waals surface area contributed by atoms with Crippen LogP contribution in [0.3, 0.4) is 0 Å². The lowest BCUT2D eigenvalue weighted by Gasteiger charge is -2.36. The summed E-state index contributed by atoms with van der Waals surface area (Å²) in [4.78, 5) is 54.6. The molecule has 13 nitrogen and oxygen atoms in total. The van der Waals surface area contributed by atoms with Crippen LogP contribution in [0.1, 0.15) is 82.4 Å². The Morgan fingerprint density at radius 2 is 1.76 bits per heavy atom. The number of rotatable bonds is 5. The van der Waals surface area contributed by atoms with Crippen molar-refractivity contribution in [1.82, 2.24) is 24.9 Å². The third kappa shape index (κ3) is 6.31. The smallest absolute Gasteiger partial charge is 0.296 e. The zero-order valence-corrected chi connectivity index (χ0v) is 31.9. The third-order valence-electron chi connectivity index (χ3n) is 12.5. The molecule has 3 fully saturated rings. The molecule has 55 heavy (non-hydrogen) atoms. The van der Waals surface area contributed by atoms with Crippen molar-refractivity contribution in [3.05, 3.63) is 71.9 Å². The first-order valence-electron chi connectivity index (χ1n) is 19.4. The Labute approximate surface area is 319 Å². The summed E-state index contributed by atoms with van der Waals surface area (Å²) in [5.74, 6) is -1.29. The summed E-state index contributed by atoms with van der Waals surface area (Å²) in [5.41, 5.74) is 1.54. The van der Waals surface area contributed by atoms with Crippen molar-refractivity contribution in [3.63, 3.8) is 0 Å². The summed E-state index contributed by atoms with van der Waals surface area (Å²) in [7, 11) is -3.96. The molecule has 3 aliphatic heterocycles. The maximum absolute atomic E-state index is 14.9. The topological polar surface area (TPSA) is 173 Å². The molecule has 0 bridgehead atoms. The van der Waals surface area contributed by atoms with Gasteiger partial charge in [0.25, 0.3) is 11.9 Å². The van der Waals surface area contributed by atoms with Gasteiger partial charge >= 0.3 is 0 Å². The number of ether oxygens (including phenoxy) is 1. The van der Waals surface area contributed by atoms with Crippen LogP contribution in [0.25, 0.3) is 22.0 Å². The number of anilines is 1. The van der Waals surface area contributed by atoms with E-state index in [2.05, 4.69) is 20.3 Å². The fourth-order valence-corrected chi connectivity index (χ4v) is 10.0. The minimum atomic E-state index is -3.96. The van der Waals surface area contributed by atoms with Gasteiger partial charge < -0.3 is 24.7 Å². The maximum Gasteiger partial charge on any atom is 0.296 e. The second kappa shape index (κ2) is 13.1. The van der Waals surface area contributed by atoms with Crippen molar-refractivity contribution in [2.45, 2.75) is 112 Å². The van der Waals surface area contributed by atoms with Crippen LogP contribution in [0.2, 0.25) is 0 Å². The van der Waals surface area contributed by atoms with Crippen LogP contribution in [0.4, 0.5) is 6.01 Å². The Morgan fingerprint density at radius 3 is 2.56 bits per heavy atom. The molecule has 3 N–H and O–H groups in total.